The van der Waals surface area contributed by atoms with Crippen LogP contribution in [-0.2, 0) is 6.42 Å². The van der Waals surface area contributed by atoms with Crippen LogP contribution in [0.1, 0.15) is 75.0 Å². The lowest BCUT2D eigenvalue weighted by molar-refractivity contribution is -0.0226. The fourth-order valence-corrected chi connectivity index (χ4v) is 5.98. The Morgan fingerprint density at radius 1 is 1.21 bits per heavy atom. The van der Waals surface area contributed by atoms with Gasteiger partial charge in [-0.25, -0.2) is 0 Å². The molecule has 1 aromatic rings. The lowest BCUT2D eigenvalue weighted by Crippen LogP contribution is -2.43. The van der Waals surface area contributed by atoms with E-state index >= 15 is 0 Å². The third kappa shape index (κ3) is 2.34. The van der Waals surface area contributed by atoms with E-state index in [4.69, 9.17) is 0 Å². The predicted octanol–water partition coefficient (Wildman–Crippen LogP) is 5.03. The number of rotatable bonds is 2. The van der Waals surface area contributed by atoms with Gasteiger partial charge in [0.1, 0.15) is 5.75 Å². The third-order valence-corrected chi connectivity index (χ3v) is 7.36. The molecule has 2 N–H and O–H groups in total. The van der Waals surface area contributed by atoms with Crippen molar-refractivity contribution in [1.29, 1.82) is 0 Å². The molecule has 0 bridgehead atoms. The van der Waals surface area contributed by atoms with Gasteiger partial charge in [0.2, 0.25) is 0 Å². The van der Waals surface area contributed by atoms with Crippen LogP contribution in [0.5, 0.6) is 5.75 Å². The van der Waals surface area contributed by atoms with Crippen molar-refractivity contribution in [1.82, 2.24) is 0 Å². The first-order chi connectivity index (χ1) is 11.5. The highest BCUT2D eigenvalue weighted by molar-refractivity contribution is 5.60. The van der Waals surface area contributed by atoms with E-state index in [0.29, 0.717) is 23.5 Å². The van der Waals surface area contributed by atoms with Gasteiger partial charge < -0.3 is 10.2 Å². The molecule has 2 heteroatoms. The molecule has 130 valence electrons. The maximum absolute atomic E-state index is 10.5. The topological polar surface area (TPSA) is 40.5 Å². The van der Waals surface area contributed by atoms with Crippen LogP contribution < -0.4 is 0 Å². The molecular weight excluding hydrogens is 296 g/mol. The number of aromatic hydroxyl groups is 1. The summed E-state index contributed by atoms with van der Waals surface area (Å²) < 4.78 is 0. The molecule has 0 aliphatic heterocycles. The summed E-state index contributed by atoms with van der Waals surface area (Å²) in [5.74, 6) is 2.42. The first-order valence-electron chi connectivity index (χ1n) is 9.75. The molecule has 0 heterocycles. The maximum Gasteiger partial charge on any atom is 0.123 e. The first-order valence-corrected chi connectivity index (χ1v) is 9.75. The van der Waals surface area contributed by atoms with Gasteiger partial charge in [0, 0.05) is 5.56 Å². The molecule has 0 aromatic heterocycles. The lowest BCUT2D eigenvalue weighted by atomic mass is 9.55. The summed E-state index contributed by atoms with van der Waals surface area (Å²) in [6.45, 7) is 4.45. The van der Waals surface area contributed by atoms with Crippen LogP contribution in [0.3, 0.4) is 0 Å². The van der Waals surface area contributed by atoms with Crippen molar-refractivity contribution in [2.45, 2.75) is 70.8 Å². The Kier molecular flexibility index (Phi) is 3.99. The third-order valence-electron chi connectivity index (χ3n) is 7.36. The molecule has 2 nitrogen and oxygen atoms in total. The number of aliphatic hydroxyl groups is 1. The summed E-state index contributed by atoms with van der Waals surface area (Å²) in [5.41, 5.74) is 3.93. The van der Waals surface area contributed by atoms with Crippen molar-refractivity contribution < 1.29 is 10.2 Å². The minimum atomic E-state index is -0.104. The Balaban J connectivity index is 1.70. The average Bonchev–Trinajstić information content (AvgIpc) is 2.88. The molecule has 3 aliphatic carbocycles. The van der Waals surface area contributed by atoms with Crippen molar-refractivity contribution in [3.63, 3.8) is 0 Å². The second kappa shape index (κ2) is 5.91. The minimum absolute atomic E-state index is 0.104. The second-order valence-corrected chi connectivity index (χ2v) is 8.47. The van der Waals surface area contributed by atoms with Gasteiger partial charge in [-0.2, -0.15) is 0 Å². The van der Waals surface area contributed by atoms with E-state index in [1.165, 1.54) is 30.4 Å². The van der Waals surface area contributed by atoms with Gasteiger partial charge in [0.05, 0.1) is 6.10 Å². The molecule has 4 rings (SSSR count). The van der Waals surface area contributed by atoms with Crippen LogP contribution in [0, 0.1) is 17.3 Å². The minimum Gasteiger partial charge on any atom is -0.507 e. The molecule has 0 unspecified atom stereocenters. The van der Waals surface area contributed by atoms with Gasteiger partial charge in [0.25, 0.3) is 0 Å². The SMILES string of the molecule is CC/C=C\c1cc2c(cc1O)CC[C@H]1[C@@H]2CC[C@]2(C)[C@@H]1CC[C@@H]2O. The van der Waals surface area contributed by atoms with Gasteiger partial charge in [-0.1, -0.05) is 26.0 Å². The second-order valence-electron chi connectivity index (χ2n) is 8.47. The molecule has 0 spiro atoms. The quantitative estimate of drug-likeness (QED) is 0.800. The zero-order valence-electron chi connectivity index (χ0n) is 15.0. The predicted molar refractivity (Wildman–Crippen MR) is 98.1 cm³/mol. The van der Waals surface area contributed by atoms with Crippen molar-refractivity contribution in [2.24, 2.45) is 17.3 Å². The van der Waals surface area contributed by atoms with Gasteiger partial charge in [-0.15, -0.1) is 0 Å². The summed E-state index contributed by atoms with van der Waals surface area (Å²) in [6.07, 6.45) is 11.8. The normalized spacial score (nSPS) is 38.0. The number of benzene rings is 1. The van der Waals surface area contributed by atoms with E-state index in [1.807, 2.05) is 6.07 Å². The summed E-state index contributed by atoms with van der Waals surface area (Å²) in [4.78, 5) is 0. The standard InChI is InChI=1S/C22H30O2/c1-3-4-5-15-12-18-14(13-20(15)23)6-7-17-16(18)10-11-22(2)19(17)8-9-21(22)24/h4-5,12-13,16-17,19,21,23-24H,3,6-11H2,1-2H3/b5-4-/t16-,17-,19+,21-,22+/m0/s1. The van der Waals surface area contributed by atoms with Gasteiger partial charge in [-0.05, 0) is 91.4 Å². The zero-order valence-corrected chi connectivity index (χ0v) is 15.0. The summed E-state index contributed by atoms with van der Waals surface area (Å²) >= 11 is 0. The molecule has 3 aliphatic rings. The van der Waals surface area contributed by atoms with Crippen LogP contribution in [0.25, 0.3) is 6.08 Å². The molecule has 5 atom stereocenters. The number of fused-ring (bicyclic) bond motifs is 5. The highest BCUT2D eigenvalue weighted by atomic mass is 16.3. The molecule has 0 amide bonds. The monoisotopic (exact) mass is 326 g/mol. The Morgan fingerprint density at radius 3 is 2.83 bits per heavy atom. The number of aryl methyl sites for hydroxylation is 1. The molecule has 24 heavy (non-hydrogen) atoms. The molecule has 0 saturated heterocycles. The van der Waals surface area contributed by atoms with Crippen LogP contribution in [0.2, 0.25) is 0 Å². The van der Waals surface area contributed by atoms with E-state index in [2.05, 4.69) is 32.1 Å². The molecule has 2 fully saturated rings. The summed E-state index contributed by atoms with van der Waals surface area (Å²) in [7, 11) is 0. The van der Waals surface area contributed by atoms with E-state index < -0.39 is 0 Å². The van der Waals surface area contributed by atoms with E-state index in [9.17, 15) is 10.2 Å². The fourth-order valence-electron chi connectivity index (χ4n) is 5.98. The highest BCUT2D eigenvalue weighted by Gasteiger charge is 2.54. The number of allylic oxidation sites excluding steroid dienone is 1. The van der Waals surface area contributed by atoms with E-state index in [-0.39, 0.29) is 11.5 Å². The van der Waals surface area contributed by atoms with Gasteiger partial charge in [-0.3, -0.25) is 0 Å². The van der Waals surface area contributed by atoms with Crippen LogP contribution in [0.15, 0.2) is 18.2 Å². The van der Waals surface area contributed by atoms with E-state index in [1.54, 1.807) is 0 Å². The van der Waals surface area contributed by atoms with Crippen molar-refractivity contribution >= 4 is 6.08 Å². The van der Waals surface area contributed by atoms with Crippen molar-refractivity contribution in [2.75, 3.05) is 0 Å². The largest absolute Gasteiger partial charge is 0.507 e. The Hall–Kier alpha value is -1.28. The Bertz CT molecular complexity index is 662. The maximum atomic E-state index is 10.5. The van der Waals surface area contributed by atoms with Gasteiger partial charge in [0.15, 0.2) is 0 Å². The first kappa shape index (κ1) is 16.2. The van der Waals surface area contributed by atoms with Crippen molar-refractivity contribution in [3.8, 4) is 5.75 Å². The highest BCUT2D eigenvalue weighted by Crippen LogP contribution is 2.61. The number of phenols is 1. The molecule has 1 aromatic carbocycles. The average molecular weight is 326 g/mol. The fraction of sp³-hybridized carbons (Fsp3) is 0.636. The van der Waals surface area contributed by atoms with Crippen LogP contribution in [0.4, 0.5) is 0 Å². The molecule has 0 radical (unpaired) electrons. The Labute approximate surface area is 145 Å². The Morgan fingerprint density at radius 2 is 2.04 bits per heavy atom. The van der Waals surface area contributed by atoms with Crippen LogP contribution >= 0.6 is 0 Å². The number of hydrogen-bond donors (Lipinski definition) is 2. The van der Waals surface area contributed by atoms with Crippen LogP contribution in [-0.4, -0.2) is 16.3 Å². The molecule has 2 saturated carbocycles. The zero-order chi connectivity index (χ0) is 16.9. The van der Waals surface area contributed by atoms with E-state index in [0.717, 1.165) is 31.2 Å². The molecular formula is C22H30O2. The van der Waals surface area contributed by atoms with Gasteiger partial charge >= 0.3 is 0 Å². The van der Waals surface area contributed by atoms with Crippen molar-refractivity contribution in [3.05, 3.63) is 34.9 Å². The lowest BCUT2D eigenvalue weighted by Gasteiger charge is -2.50. The number of aliphatic hydroxyl groups excluding tert-OH is 1. The summed E-state index contributed by atoms with van der Waals surface area (Å²) in [5, 5.41) is 20.8. The number of hydrogen-bond acceptors (Lipinski definition) is 2. The number of phenolic OH excluding ortho intramolecular Hbond substituents is 1. The summed E-state index contributed by atoms with van der Waals surface area (Å²) in [6, 6.07) is 4.26. The smallest absolute Gasteiger partial charge is 0.123 e.